The van der Waals surface area contributed by atoms with E-state index in [2.05, 4.69) is 19.6 Å². The summed E-state index contributed by atoms with van der Waals surface area (Å²) >= 11 is 3.23. The SMILES string of the molecule is CCOC(=O)C1=C2CC(NSC3CN(C(C)=O)C3)CN2C(c2nccs2)=NC1. The second kappa shape index (κ2) is 8.22. The van der Waals surface area contributed by atoms with Gasteiger partial charge >= 0.3 is 5.97 Å². The summed E-state index contributed by atoms with van der Waals surface area (Å²) < 4.78 is 8.78. The molecule has 4 rings (SSSR count). The number of ether oxygens (including phenoxy) is 1. The number of amides is 1. The van der Waals surface area contributed by atoms with Gasteiger partial charge in [-0.2, -0.15) is 0 Å². The molecule has 0 spiro atoms. The molecule has 0 aliphatic carbocycles. The van der Waals surface area contributed by atoms with Gasteiger partial charge < -0.3 is 14.5 Å². The predicted octanol–water partition coefficient (Wildman–Crippen LogP) is 1.26. The van der Waals surface area contributed by atoms with Crippen LogP contribution in [0, 0.1) is 0 Å². The zero-order valence-corrected chi connectivity index (χ0v) is 17.5. The number of likely N-dealkylation sites (tertiary alicyclic amines) is 1. The van der Waals surface area contributed by atoms with Crippen molar-refractivity contribution in [1.82, 2.24) is 19.5 Å². The minimum atomic E-state index is -0.283. The molecule has 1 atom stereocenters. The fraction of sp³-hybridized carbons (Fsp3) is 0.556. The topological polar surface area (TPSA) is 87.1 Å². The van der Waals surface area contributed by atoms with Crippen molar-refractivity contribution in [2.75, 3.05) is 32.8 Å². The molecule has 3 aliphatic rings. The molecule has 4 heterocycles. The van der Waals surface area contributed by atoms with Gasteiger partial charge in [0, 0.05) is 56.3 Å². The molecule has 1 N–H and O–H groups in total. The van der Waals surface area contributed by atoms with Gasteiger partial charge in [-0.05, 0) is 6.92 Å². The highest BCUT2D eigenvalue weighted by Gasteiger charge is 2.38. The van der Waals surface area contributed by atoms with E-state index < -0.39 is 0 Å². The number of amidine groups is 1. The minimum Gasteiger partial charge on any atom is -0.463 e. The standard InChI is InChI=1S/C18H23N5O3S2/c1-3-26-18(25)14-7-20-16(17-19-4-5-27-17)23-8-12(6-15(14)23)21-28-13-9-22(10-13)11(2)24/h4-5,12-13,21H,3,6-10H2,1-2H3. The average Bonchev–Trinajstić information content (AvgIpc) is 3.29. The third-order valence-electron chi connectivity index (χ3n) is 5.00. The van der Waals surface area contributed by atoms with E-state index in [0.29, 0.717) is 24.0 Å². The third kappa shape index (κ3) is 3.81. The number of rotatable bonds is 6. The summed E-state index contributed by atoms with van der Waals surface area (Å²) in [5, 5.41) is 3.21. The van der Waals surface area contributed by atoms with E-state index in [1.54, 1.807) is 36.4 Å². The normalized spacial score (nSPS) is 22.1. The molecule has 1 aromatic heterocycles. The highest BCUT2D eigenvalue weighted by atomic mass is 32.2. The largest absolute Gasteiger partial charge is 0.463 e. The zero-order chi connectivity index (χ0) is 19.7. The smallest absolute Gasteiger partial charge is 0.337 e. The summed E-state index contributed by atoms with van der Waals surface area (Å²) in [5.74, 6) is 0.677. The van der Waals surface area contributed by atoms with E-state index in [9.17, 15) is 9.59 Å². The monoisotopic (exact) mass is 421 g/mol. The Labute approximate surface area is 172 Å². The van der Waals surface area contributed by atoms with Crippen molar-refractivity contribution in [3.63, 3.8) is 0 Å². The van der Waals surface area contributed by atoms with Crippen molar-refractivity contribution in [2.45, 2.75) is 31.6 Å². The average molecular weight is 422 g/mol. The third-order valence-corrected chi connectivity index (χ3v) is 6.87. The lowest BCUT2D eigenvalue weighted by Gasteiger charge is -2.38. The van der Waals surface area contributed by atoms with Crippen LogP contribution < -0.4 is 4.72 Å². The molecule has 150 valence electrons. The van der Waals surface area contributed by atoms with E-state index in [1.807, 2.05) is 17.2 Å². The minimum absolute atomic E-state index is 0.128. The molecule has 8 nitrogen and oxygen atoms in total. The van der Waals surface area contributed by atoms with Crippen molar-refractivity contribution in [2.24, 2.45) is 4.99 Å². The van der Waals surface area contributed by atoms with Gasteiger partial charge in [0.15, 0.2) is 10.8 Å². The summed E-state index contributed by atoms with van der Waals surface area (Å²) in [6, 6.07) is 0.194. The Balaban J connectivity index is 1.45. The Bertz CT molecular complexity index is 817. The van der Waals surface area contributed by atoms with Crippen LogP contribution in [-0.2, 0) is 14.3 Å². The number of hydrogen-bond donors (Lipinski definition) is 1. The Morgan fingerprint density at radius 3 is 2.89 bits per heavy atom. The second-order valence-electron chi connectivity index (χ2n) is 6.92. The van der Waals surface area contributed by atoms with Crippen molar-refractivity contribution in [3.05, 3.63) is 27.9 Å². The molecular formula is C18H23N5O3S2. The lowest BCUT2D eigenvalue weighted by Crippen LogP contribution is -2.52. The van der Waals surface area contributed by atoms with Crippen LogP contribution in [0.25, 0.3) is 0 Å². The number of carbonyl (C=O) groups excluding carboxylic acids is 2. The lowest BCUT2D eigenvalue weighted by molar-refractivity contribution is -0.138. The number of aliphatic imine (C=N–C) groups is 1. The van der Waals surface area contributed by atoms with Crippen LogP contribution >= 0.6 is 23.3 Å². The summed E-state index contributed by atoms with van der Waals surface area (Å²) in [6.07, 6.45) is 2.51. The fourth-order valence-electron chi connectivity index (χ4n) is 3.53. The first-order valence-corrected chi connectivity index (χ1v) is 11.1. The summed E-state index contributed by atoms with van der Waals surface area (Å²) in [4.78, 5) is 36.7. The number of esters is 1. The number of carbonyl (C=O) groups is 2. The first-order chi connectivity index (χ1) is 13.6. The van der Waals surface area contributed by atoms with E-state index in [1.165, 1.54) is 0 Å². The van der Waals surface area contributed by atoms with Crippen molar-refractivity contribution >= 4 is 41.0 Å². The van der Waals surface area contributed by atoms with Crippen LogP contribution in [0.3, 0.4) is 0 Å². The molecule has 1 amide bonds. The molecule has 2 saturated heterocycles. The number of hydrogen-bond acceptors (Lipinski definition) is 9. The fourth-order valence-corrected chi connectivity index (χ4v) is 5.23. The maximum atomic E-state index is 12.4. The Morgan fingerprint density at radius 1 is 1.39 bits per heavy atom. The molecule has 0 aromatic carbocycles. The van der Waals surface area contributed by atoms with E-state index >= 15 is 0 Å². The van der Waals surface area contributed by atoms with Gasteiger partial charge in [0.05, 0.1) is 24.0 Å². The number of aromatic nitrogens is 1. The van der Waals surface area contributed by atoms with E-state index in [4.69, 9.17) is 4.74 Å². The van der Waals surface area contributed by atoms with Crippen LogP contribution in [0.1, 0.15) is 25.3 Å². The highest BCUT2D eigenvalue weighted by Crippen LogP contribution is 2.33. The first-order valence-electron chi connectivity index (χ1n) is 9.34. The second-order valence-corrected chi connectivity index (χ2v) is 8.95. The molecular weight excluding hydrogens is 398 g/mol. The molecule has 10 heteroatoms. The van der Waals surface area contributed by atoms with Gasteiger partial charge in [0.1, 0.15) is 0 Å². The summed E-state index contributed by atoms with van der Waals surface area (Å²) in [6.45, 7) is 6.39. The summed E-state index contributed by atoms with van der Waals surface area (Å²) in [7, 11) is 0. The van der Waals surface area contributed by atoms with Gasteiger partial charge in [0.25, 0.3) is 0 Å². The van der Waals surface area contributed by atoms with Gasteiger partial charge in [-0.15, -0.1) is 11.3 Å². The zero-order valence-electron chi connectivity index (χ0n) is 15.9. The quantitative estimate of drug-likeness (QED) is 0.547. The lowest BCUT2D eigenvalue weighted by atomic mass is 10.1. The number of thiazole rings is 1. The van der Waals surface area contributed by atoms with Gasteiger partial charge in [0.2, 0.25) is 5.91 Å². The van der Waals surface area contributed by atoms with E-state index in [-0.39, 0.29) is 17.9 Å². The maximum Gasteiger partial charge on any atom is 0.337 e. The van der Waals surface area contributed by atoms with Gasteiger partial charge in [-0.3, -0.25) is 14.5 Å². The Morgan fingerprint density at radius 2 is 2.21 bits per heavy atom. The van der Waals surface area contributed by atoms with Crippen LogP contribution in [0.15, 0.2) is 27.8 Å². The molecule has 3 aliphatic heterocycles. The highest BCUT2D eigenvalue weighted by molar-refractivity contribution is 7.98. The molecule has 28 heavy (non-hydrogen) atoms. The molecule has 1 aromatic rings. The van der Waals surface area contributed by atoms with Crippen LogP contribution in [0.2, 0.25) is 0 Å². The van der Waals surface area contributed by atoms with Crippen molar-refractivity contribution in [3.8, 4) is 0 Å². The molecule has 0 saturated carbocycles. The van der Waals surface area contributed by atoms with Gasteiger partial charge in [-0.1, -0.05) is 11.9 Å². The van der Waals surface area contributed by atoms with Gasteiger partial charge in [-0.25, -0.2) is 9.78 Å². The molecule has 2 fully saturated rings. The first kappa shape index (κ1) is 19.4. The maximum absolute atomic E-state index is 12.4. The Kier molecular flexibility index (Phi) is 5.70. The molecule has 0 bridgehead atoms. The van der Waals surface area contributed by atoms with E-state index in [0.717, 1.165) is 42.6 Å². The molecule has 0 radical (unpaired) electrons. The number of nitrogens with zero attached hydrogens (tertiary/aromatic N) is 4. The Hall–Kier alpha value is -1.91. The van der Waals surface area contributed by atoms with Crippen LogP contribution in [0.4, 0.5) is 0 Å². The number of nitrogens with one attached hydrogen (secondary N) is 1. The van der Waals surface area contributed by atoms with Crippen molar-refractivity contribution in [1.29, 1.82) is 0 Å². The van der Waals surface area contributed by atoms with Crippen LogP contribution in [-0.4, -0.2) is 76.6 Å². The van der Waals surface area contributed by atoms with Crippen molar-refractivity contribution < 1.29 is 14.3 Å². The number of fused-ring (bicyclic) bond motifs is 1. The van der Waals surface area contributed by atoms with Crippen LogP contribution in [0.5, 0.6) is 0 Å². The summed E-state index contributed by atoms with van der Waals surface area (Å²) in [5.41, 5.74) is 1.62. The predicted molar refractivity (Wildman–Crippen MR) is 109 cm³/mol. The molecule has 1 unspecified atom stereocenters.